The van der Waals surface area contributed by atoms with Crippen LogP contribution in [0.5, 0.6) is 0 Å². The van der Waals surface area contributed by atoms with Crippen molar-refractivity contribution < 1.29 is 13.7 Å². The van der Waals surface area contributed by atoms with Crippen LogP contribution in [0.1, 0.15) is 24.5 Å². The zero-order chi connectivity index (χ0) is 13.2. The lowest BCUT2D eigenvalue weighted by molar-refractivity contribution is 0.185. The molecule has 1 fully saturated rings. The van der Waals surface area contributed by atoms with Gasteiger partial charge in [-0.2, -0.15) is 4.98 Å². The molecule has 19 heavy (non-hydrogen) atoms. The third-order valence-corrected chi connectivity index (χ3v) is 3.41. The van der Waals surface area contributed by atoms with E-state index in [2.05, 4.69) is 22.4 Å². The van der Waals surface area contributed by atoms with Gasteiger partial charge < -0.3 is 19.0 Å². The summed E-state index contributed by atoms with van der Waals surface area (Å²) in [7, 11) is 0. The number of hydrogen-bond donors (Lipinski definition) is 1. The van der Waals surface area contributed by atoms with Crippen molar-refractivity contribution in [2.75, 3.05) is 19.8 Å². The number of furan rings is 1. The van der Waals surface area contributed by atoms with Crippen LogP contribution < -0.4 is 5.32 Å². The zero-order valence-corrected chi connectivity index (χ0v) is 11.0. The molecular weight excluding hydrogens is 246 g/mol. The van der Waals surface area contributed by atoms with Gasteiger partial charge in [0.05, 0.1) is 31.0 Å². The second-order valence-electron chi connectivity index (χ2n) is 4.65. The molecule has 3 heterocycles. The van der Waals surface area contributed by atoms with Crippen molar-refractivity contribution in [3.8, 4) is 11.4 Å². The molecule has 1 saturated heterocycles. The minimum atomic E-state index is 0.119. The van der Waals surface area contributed by atoms with Crippen LogP contribution in [0.15, 0.2) is 21.3 Å². The Balaban J connectivity index is 1.83. The van der Waals surface area contributed by atoms with E-state index in [0.717, 1.165) is 17.9 Å². The lowest BCUT2D eigenvalue weighted by atomic mass is 10.0. The number of likely N-dealkylation sites (N-methyl/N-ethyl adjacent to an activating group) is 1. The first-order chi connectivity index (χ1) is 9.29. The van der Waals surface area contributed by atoms with Crippen molar-refractivity contribution in [1.82, 2.24) is 15.5 Å². The summed E-state index contributed by atoms with van der Waals surface area (Å²) in [5.41, 5.74) is 0.869. The number of nitrogens with zero attached hydrogens (tertiary/aromatic N) is 2. The van der Waals surface area contributed by atoms with Gasteiger partial charge in [0.2, 0.25) is 11.7 Å². The van der Waals surface area contributed by atoms with Crippen LogP contribution in [0.2, 0.25) is 0 Å². The van der Waals surface area contributed by atoms with Crippen LogP contribution in [-0.4, -0.2) is 35.9 Å². The molecule has 102 valence electrons. The molecule has 0 spiro atoms. The van der Waals surface area contributed by atoms with E-state index >= 15 is 0 Å². The van der Waals surface area contributed by atoms with Crippen molar-refractivity contribution >= 4 is 0 Å². The molecule has 2 atom stereocenters. The molecule has 2 aromatic rings. The van der Waals surface area contributed by atoms with Crippen LogP contribution in [0.25, 0.3) is 11.4 Å². The molecule has 0 bridgehead atoms. The highest BCUT2D eigenvalue weighted by atomic mass is 16.5. The summed E-state index contributed by atoms with van der Waals surface area (Å²) >= 11 is 0. The van der Waals surface area contributed by atoms with Crippen molar-refractivity contribution in [1.29, 1.82) is 0 Å². The second-order valence-corrected chi connectivity index (χ2v) is 4.65. The molecule has 1 aliphatic heterocycles. The number of aryl methyl sites for hydroxylation is 1. The van der Waals surface area contributed by atoms with E-state index < -0.39 is 0 Å². The molecule has 6 nitrogen and oxygen atoms in total. The maximum absolute atomic E-state index is 5.49. The summed E-state index contributed by atoms with van der Waals surface area (Å²) in [6.45, 7) is 6.14. The highest BCUT2D eigenvalue weighted by molar-refractivity contribution is 5.56. The molecular formula is C13H17N3O3. The van der Waals surface area contributed by atoms with Gasteiger partial charge in [-0.3, -0.25) is 0 Å². The lowest BCUT2D eigenvalue weighted by Gasteiger charge is -2.13. The van der Waals surface area contributed by atoms with Crippen LogP contribution in [0.3, 0.4) is 0 Å². The van der Waals surface area contributed by atoms with Crippen LogP contribution in [0, 0.1) is 6.92 Å². The Bertz CT molecular complexity index is 549. The average molecular weight is 263 g/mol. The topological polar surface area (TPSA) is 73.3 Å². The Hall–Kier alpha value is -1.66. The third kappa shape index (κ3) is 2.29. The van der Waals surface area contributed by atoms with E-state index in [4.69, 9.17) is 13.7 Å². The van der Waals surface area contributed by atoms with Gasteiger partial charge in [0.15, 0.2) is 0 Å². The van der Waals surface area contributed by atoms with Crippen LogP contribution in [-0.2, 0) is 4.74 Å². The van der Waals surface area contributed by atoms with Gasteiger partial charge in [-0.25, -0.2) is 0 Å². The average Bonchev–Trinajstić information content (AvgIpc) is 3.08. The molecule has 0 aromatic carbocycles. The first-order valence-corrected chi connectivity index (χ1v) is 6.48. The normalized spacial score (nSPS) is 23.1. The number of hydrogen-bond acceptors (Lipinski definition) is 6. The van der Waals surface area contributed by atoms with Gasteiger partial charge in [0.1, 0.15) is 5.76 Å². The SMILES string of the molecule is CCNC1COCC1c1nc(-c2ccoc2C)no1. The lowest BCUT2D eigenvalue weighted by Crippen LogP contribution is -2.34. The number of rotatable bonds is 4. The Morgan fingerprint density at radius 2 is 2.32 bits per heavy atom. The van der Waals surface area contributed by atoms with Crippen molar-refractivity contribution in [2.45, 2.75) is 25.8 Å². The van der Waals surface area contributed by atoms with Gasteiger partial charge >= 0.3 is 0 Å². The molecule has 0 saturated carbocycles. The molecule has 2 aromatic heterocycles. The van der Waals surface area contributed by atoms with Gasteiger partial charge in [-0.05, 0) is 19.5 Å². The molecule has 0 amide bonds. The quantitative estimate of drug-likeness (QED) is 0.905. The van der Waals surface area contributed by atoms with E-state index in [9.17, 15) is 0 Å². The number of nitrogens with one attached hydrogen (secondary N) is 1. The molecule has 0 radical (unpaired) electrons. The van der Waals surface area contributed by atoms with Crippen LogP contribution in [0.4, 0.5) is 0 Å². The Morgan fingerprint density at radius 1 is 1.42 bits per heavy atom. The predicted octanol–water partition coefficient (Wildman–Crippen LogP) is 1.73. The number of aromatic nitrogens is 2. The largest absolute Gasteiger partial charge is 0.469 e. The Labute approximate surface area is 111 Å². The highest BCUT2D eigenvalue weighted by Gasteiger charge is 2.33. The van der Waals surface area contributed by atoms with Gasteiger partial charge in [-0.15, -0.1) is 0 Å². The van der Waals surface area contributed by atoms with Gasteiger partial charge in [0.25, 0.3) is 0 Å². The summed E-state index contributed by atoms with van der Waals surface area (Å²) in [6.07, 6.45) is 1.63. The van der Waals surface area contributed by atoms with E-state index in [1.807, 2.05) is 13.0 Å². The molecule has 1 aliphatic rings. The monoisotopic (exact) mass is 263 g/mol. The fourth-order valence-corrected chi connectivity index (χ4v) is 2.37. The summed E-state index contributed by atoms with van der Waals surface area (Å²) in [5.74, 6) is 2.11. The fourth-order valence-electron chi connectivity index (χ4n) is 2.37. The predicted molar refractivity (Wildman–Crippen MR) is 67.8 cm³/mol. The fraction of sp³-hybridized carbons (Fsp3) is 0.538. The number of ether oxygens (including phenoxy) is 1. The van der Waals surface area contributed by atoms with Crippen molar-refractivity contribution in [3.05, 3.63) is 24.0 Å². The van der Waals surface area contributed by atoms with Gasteiger partial charge in [-0.1, -0.05) is 12.1 Å². The molecule has 2 unspecified atom stereocenters. The maximum atomic E-state index is 5.49. The van der Waals surface area contributed by atoms with E-state index in [-0.39, 0.29) is 12.0 Å². The molecule has 0 aliphatic carbocycles. The Kier molecular flexibility index (Phi) is 3.35. The first kappa shape index (κ1) is 12.4. The molecule has 3 rings (SSSR count). The minimum Gasteiger partial charge on any atom is -0.469 e. The standard InChI is InChI=1S/C13H17N3O3/c1-3-14-11-7-17-6-10(11)13-15-12(16-19-13)9-4-5-18-8(9)2/h4-5,10-11,14H,3,6-7H2,1-2H3. The maximum Gasteiger partial charge on any atom is 0.234 e. The Morgan fingerprint density at radius 3 is 3.05 bits per heavy atom. The van der Waals surface area contributed by atoms with E-state index in [0.29, 0.717) is 24.9 Å². The summed E-state index contributed by atoms with van der Waals surface area (Å²) in [5, 5.41) is 7.41. The van der Waals surface area contributed by atoms with Crippen molar-refractivity contribution in [3.63, 3.8) is 0 Å². The summed E-state index contributed by atoms with van der Waals surface area (Å²) in [6, 6.07) is 2.08. The molecule has 6 heteroatoms. The van der Waals surface area contributed by atoms with E-state index in [1.54, 1.807) is 6.26 Å². The summed E-state index contributed by atoms with van der Waals surface area (Å²) < 4.78 is 16.1. The first-order valence-electron chi connectivity index (χ1n) is 6.48. The highest BCUT2D eigenvalue weighted by Crippen LogP contribution is 2.27. The van der Waals surface area contributed by atoms with Crippen molar-refractivity contribution in [2.24, 2.45) is 0 Å². The summed E-state index contributed by atoms with van der Waals surface area (Å²) in [4.78, 5) is 4.47. The second kappa shape index (κ2) is 5.14. The van der Waals surface area contributed by atoms with E-state index in [1.165, 1.54) is 0 Å². The zero-order valence-electron chi connectivity index (χ0n) is 11.0. The minimum absolute atomic E-state index is 0.119. The third-order valence-electron chi connectivity index (χ3n) is 3.41. The van der Waals surface area contributed by atoms with Gasteiger partial charge in [0, 0.05) is 6.04 Å². The molecule has 1 N–H and O–H groups in total. The van der Waals surface area contributed by atoms with Crippen LogP contribution >= 0.6 is 0 Å². The smallest absolute Gasteiger partial charge is 0.234 e.